The zero-order valence-corrected chi connectivity index (χ0v) is 16.7. The van der Waals surface area contributed by atoms with Crippen molar-refractivity contribution in [1.82, 2.24) is 20.1 Å². The molecule has 2 heterocycles. The number of carbonyl (C=O) groups is 3. The molecule has 2 aromatic rings. The summed E-state index contributed by atoms with van der Waals surface area (Å²) in [6.07, 6.45) is 0.854. The van der Waals surface area contributed by atoms with Crippen molar-refractivity contribution >= 4 is 29.0 Å². The van der Waals surface area contributed by atoms with Gasteiger partial charge >= 0.3 is 5.97 Å². The number of thiazole rings is 1. The third-order valence-electron chi connectivity index (χ3n) is 4.24. The van der Waals surface area contributed by atoms with Crippen LogP contribution in [-0.4, -0.2) is 50.2 Å². The number of rotatable bonds is 10. The highest BCUT2D eigenvalue weighted by Crippen LogP contribution is 2.17. The summed E-state index contributed by atoms with van der Waals surface area (Å²) in [5.74, 6) is -4.06. The highest BCUT2D eigenvalue weighted by molar-refractivity contribution is 7.09. The van der Waals surface area contributed by atoms with Crippen LogP contribution < -0.4 is 10.9 Å². The van der Waals surface area contributed by atoms with Gasteiger partial charge in [-0.25, -0.2) is 14.1 Å². The van der Waals surface area contributed by atoms with Crippen LogP contribution in [-0.2, 0) is 20.9 Å². The van der Waals surface area contributed by atoms with Gasteiger partial charge in [-0.3, -0.25) is 19.2 Å². The van der Waals surface area contributed by atoms with Gasteiger partial charge in [-0.05, 0) is 19.4 Å². The normalized spacial score (nSPS) is 12.9. The smallest absolute Gasteiger partial charge is 0.305 e. The van der Waals surface area contributed by atoms with Crippen molar-refractivity contribution in [3.63, 3.8) is 0 Å². The lowest BCUT2D eigenvalue weighted by Crippen LogP contribution is -2.45. The maximum absolute atomic E-state index is 12.8. The molecule has 0 spiro atoms. The fraction of sp³-hybridized carbons (Fsp3) is 0.444. The van der Waals surface area contributed by atoms with E-state index in [9.17, 15) is 23.6 Å². The number of carbonyl (C=O) groups excluding carboxylic acids is 2. The predicted molar refractivity (Wildman–Crippen MR) is 103 cm³/mol. The first-order valence-corrected chi connectivity index (χ1v) is 9.72. The van der Waals surface area contributed by atoms with Gasteiger partial charge in [-0.15, -0.1) is 11.3 Å². The second kappa shape index (κ2) is 10.0. The second-order valence-electron chi connectivity index (χ2n) is 6.33. The lowest BCUT2D eigenvalue weighted by molar-refractivity contribution is -0.140. The molecule has 0 fully saturated rings. The van der Waals surface area contributed by atoms with Gasteiger partial charge in [-0.1, -0.05) is 6.92 Å². The summed E-state index contributed by atoms with van der Waals surface area (Å²) in [4.78, 5) is 52.3. The highest BCUT2D eigenvalue weighted by atomic mass is 32.1. The topological polar surface area (TPSA) is 131 Å². The van der Waals surface area contributed by atoms with Gasteiger partial charge in [0.1, 0.15) is 12.7 Å². The largest absolute Gasteiger partial charge is 0.481 e. The summed E-state index contributed by atoms with van der Waals surface area (Å²) >= 11 is 1.44. The van der Waals surface area contributed by atoms with Crippen LogP contribution in [0.2, 0.25) is 0 Å². The molecule has 2 unspecified atom stereocenters. The average molecular weight is 424 g/mol. The number of aryl methyl sites for hydroxylation is 1. The number of carboxylic acids is 1. The Morgan fingerprint density at radius 1 is 1.38 bits per heavy atom. The summed E-state index contributed by atoms with van der Waals surface area (Å²) in [6.45, 7) is 2.24. The molecule has 0 radical (unpaired) electrons. The Morgan fingerprint density at radius 2 is 2.10 bits per heavy atom. The lowest BCUT2D eigenvalue weighted by Gasteiger charge is -2.20. The van der Waals surface area contributed by atoms with E-state index in [-0.39, 0.29) is 18.5 Å². The van der Waals surface area contributed by atoms with E-state index in [1.807, 2.05) is 6.92 Å². The number of hydrogen-bond acceptors (Lipinski definition) is 7. The summed E-state index contributed by atoms with van der Waals surface area (Å²) in [6, 6.07) is -0.0942. The van der Waals surface area contributed by atoms with Crippen molar-refractivity contribution in [3.05, 3.63) is 44.3 Å². The molecule has 11 heteroatoms. The number of aliphatic carboxylic acids is 1. The van der Waals surface area contributed by atoms with Crippen LogP contribution in [0.3, 0.4) is 0 Å². The first-order chi connectivity index (χ1) is 13.8. The molecule has 2 rings (SSSR count). The quantitative estimate of drug-likeness (QED) is 0.583. The predicted octanol–water partition coefficient (Wildman–Crippen LogP) is 1.05. The fourth-order valence-electron chi connectivity index (χ4n) is 2.81. The Kier molecular flexibility index (Phi) is 7.71. The molecule has 0 saturated heterocycles. The van der Waals surface area contributed by atoms with Crippen molar-refractivity contribution in [3.8, 4) is 0 Å². The molecule has 156 valence electrons. The van der Waals surface area contributed by atoms with E-state index in [4.69, 9.17) is 5.11 Å². The van der Waals surface area contributed by atoms with Crippen molar-refractivity contribution in [2.75, 3.05) is 6.67 Å². The summed E-state index contributed by atoms with van der Waals surface area (Å²) in [5.41, 5.74) is 0.312. The first kappa shape index (κ1) is 22.3. The van der Waals surface area contributed by atoms with Crippen molar-refractivity contribution in [1.29, 1.82) is 0 Å². The summed E-state index contributed by atoms with van der Waals surface area (Å²) < 4.78 is 13.9. The highest BCUT2D eigenvalue weighted by Gasteiger charge is 2.29. The molecule has 29 heavy (non-hydrogen) atoms. The van der Waals surface area contributed by atoms with Gasteiger partial charge in [0.25, 0.3) is 5.56 Å². The van der Waals surface area contributed by atoms with Crippen molar-refractivity contribution in [2.24, 2.45) is 0 Å². The fourth-order valence-corrected chi connectivity index (χ4v) is 3.41. The molecule has 2 aromatic heterocycles. The Labute approximate surface area is 169 Å². The zero-order chi connectivity index (χ0) is 21.6. The van der Waals surface area contributed by atoms with E-state index in [0.717, 1.165) is 5.01 Å². The Hall–Kier alpha value is -2.95. The van der Waals surface area contributed by atoms with Gasteiger partial charge in [0.15, 0.2) is 5.78 Å². The molecule has 1 amide bonds. The summed E-state index contributed by atoms with van der Waals surface area (Å²) in [5, 5.41) is 17.8. The van der Waals surface area contributed by atoms with Crippen molar-refractivity contribution < 1.29 is 23.9 Å². The number of nitrogens with zero attached hydrogens (tertiary/aromatic N) is 3. The molecule has 0 aliphatic carbocycles. The van der Waals surface area contributed by atoms with E-state index in [1.165, 1.54) is 28.3 Å². The minimum Gasteiger partial charge on any atom is -0.481 e. The van der Waals surface area contributed by atoms with Gasteiger partial charge in [0, 0.05) is 17.1 Å². The number of ketones is 1. The van der Waals surface area contributed by atoms with Gasteiger partial charge in [0.05, 0.1) is 29.6 Å². The van der Waals surface area contributed by atoms with Crippen LogP contribution in [0, 0.1) is 6.92 Å². The number of alkyl halides is 1. The molecule has 0 aromatic carbocycles. The van der Waals surface area contributed by atoms with Crippen molar-refractivity contribution in [2.45, 2.75) is 45.2 Å². The monoisotopic (exact) mass is 424 g/mol. The van der Waals surface area contributed by atoms with E-state index in [0.29, 0.717) is 5.69 Å². The number of hydrogen-bond donors (Lipinski definition) is 2. The van der Waals surface area contributed by atoms with E-state index in [1.54, 1.807) is 12.3 Å². The standard InChI is InChI=1S/C18H21FN4O5S/c1-3-12(17(27)22-14(6-16(25)26)15(24)7-19)13-4-5-20-23(18(13)28)8-11-9-29-10(2)21-11/h4-5,9,12,14H,3,6-8H2,1-2H3,(H,22,27)(H,25,26). The lowest BCUT2D eigenvalue weighted by atomic mass is 9.96. The van der Waals surface area contributed by atoms with E-state index >= 15 is 0 Å². The number of aromatic nitrogens is 3. The molecule has 0 aliphatic heterocycles. The number of carboxylic acid groups (broad SMARTS) is 1. The molecular formula is C18H21FN4O5S. The number of halogens is 1. The molecule has 0 bridgehead atoms. The Balaban J connectivity index is 2.27. The van der Waals surface area contributed by atoms with Crippen LogP contribution in [0.1, 0.15) is 41.9 Å². The zero-order valence-electron chi connectivity index (χ0n) is 15.9. The Bertz CT molecular complexity index is 958. The minimum absolute atomic E-state index is 0.136. The third kappa shape index (κ3) is 5.76. The van der Waals surface area contributed by atoms with Crippen LogP contribution in [0.25, 0.3) is 0 Å². The molecule has 0 aliphatic rings. The van der Waals surface area contributed by atoms with Gasteiger partial charge in [-0.2, -0.15) is 5.10 Å². The summed E-state index contributed by atoms with van der Waals surface area (Å²) in [7, 11) is 0. The van der Waals surface area contributed by atoms with Crippen LogP contribution in [0.4, 0.5) is 4.39 Å². The first-order valence-electron chi connectivity index (χ1n) is 8.84. The third-order valence-corrected chi connectivity index (χ3v) is 5.06. The maximum Gasteiger partial charge on any atom is 0.305 e. The SMILES string of the molecule is CCC(C(=O)NC(CC(=O)O)C(=O)CF)c1ccnn(Cc2csc(C)n2)c1=O. The average Bonchev–Trinajstić information content (AvgIpc) is 3.08. The van der Waals surface area contributed by atoms with Gasteiger partial charge in [0.2, 0.25) is 5.91 Å². The molecule has 2 atom stereocenters. The number of nitrogens with one attached hydrogen (secondary N) is 1. The maximum atomic E-state index is 12.8. The number of Topliss-reactive ketones (excluding diaryl/α,β-unsaturated/α-hetero) is 1. The molecule has 9 nitrogen and oxygen atoms in total. The van der Waals surface area contributed by atoms with Crippen LogP contribution in [0.5, 0.6) is 0 Å². The van der Waals surface area contributed by atoms with E-state index < -0.39 is 48.3 Å². The van der Waals surface area contributed by atoms with Crippen LogP contribution >= 0.6 is 11.3 Å². The minimum atomic E-state index is -1.50. The Morgan fingerprint density at radius 3 is 2.66 bits per heavy atom. The molecular weight excluding hydrogens is 403 g/mol. The second-order valence-corrected chi connectivity index (χ2v) is 7.39. The van der Waals surface area contributed by atoms with Gasteiger partial charge < -0.3 is 10.4 Å². The molecule has 0 saturated carbocycles. The molecule has 2 N–H and O–H groups in total. The number of amides is 1. The van der Waals surface area contributed by atoms with Crippen LogP contribution in [0.15, 0.2) is 22.4 Å². The van der Waals surface area contributed by atoms with E-state index in [2.05, 4.69) is 15.4 Å².